The van der Waals surface area contributed by atoms with Crippen LogP contribution in [0.4, 0.5) is 5.69 Å². The van der Waals surface area contributed by atoms with Gasteiger partial charge in [-0.3, -0.25) is 9.88 Å². The van der Waals surface area contributed by atoms with Crippen molar-refractivity contribution in [3.63, 3.8) is 0 Å². The van der Waals surface area contributed by atoms with Crippen molar-refractivity contribution in [2.75, 3.05) is 12.3 Å². The van der Waals surface area contributed by atoms with Crippen molar-refractivity contribution in [2.24, 2.45) is 0 Å². The quantitative estimate of drug-likeness (QED) is 0.818. The molecule has 0 amide bonds. The zero-order valence-corrected chi connectivity index (χ0v) is 11.7. The fourth-order valence-corrected chi connectivity index (χ4v) is 2.56. The van der Waals surface area contributed by atoms with Gasteiger partial charge in [-0.25, -0.2) is 0 Å². The molecular formula is C17H21N3. The van der Waals surface area contributed by atoms with E-state index >= 15 is 0 Å². The molecule has 0 bridgehead atoms. The van der Waals surface area contributed by atoms with E-state index in [2.05, 4.69) is 34.1 Å². The first kappa shape index (κ1) is 13.1. The van der Waals surface area contributed by atoms with E-state index in [0.29, 0.717) is 0 Å². The van der Waals surface area contributed by atoms with E-state index < -0.39 is 0 Å². The second kappa shape index (κ2) is 6.06. The molecule has 1 aromatic carbocycles. The second-order valence-corrected chi connectivity index (χ2v) is 5.52. The monoisotopic (exact) mass is 267 g/mol. The third kappa shape index (κ3) is 3.58. The number of benzene rings is 1. The molecule has 104 valence electrons. The van der Waals surface area contributed by atoms with Crippen LogP contribution in [-0.2, 0) is 13.0 Å². The van der Waals surface area contributed by atoms with Gasteiger partial charge in [-0.1, -0.05) is 18.2 Å². The van der Waals surface area contributed by atoms with Crippen molar-refractivity contribution in [1.29, 1.82) is 0 Å². The molecule has 20 heavy (non-hydrogen) atoms. The minimum atomic E-state index is 0.750. The predicted octanol–water partition coefficient (Wildman–Crippen LogP) is 2.87. The maximum atomic E-state index is 5.86. The lowest BCUT2D eigenvalue weighted by Gasteiger charge is -2.22. The summed E-state index contributed by atoms with van der Waals surface area (Å²) < 4.78 is 0. The van der Waals surface area contributed by atoms with Crippen LogP contribution in [0.15, 0.2) is 48.7 Å². The summed E-state index contributed by atoms with van der Waals surface area (Å²) in [5.41, 5.74) is 9.19. The molecule has 1 aliphatic carbocycles. The van der Waals surface area contributed by atoms with Crippen molar-refractivity contribution in [3.05, 3.63) is 59.9 Å². The topological polar surface area (TPSA) is 42.1 Å². The van der Waals surface area contributed by atoms with Gasteiger partial charge in [0.2, 0.25) is 0 Å². The fourth-order valence-electron chi connectivity index (χ4n) is 2.56. The Labute approximate surface area is 120 Å². The normalized spacial score (nSPS) is 14.7. The van der Waals surface area contributed by atoms with Crippen LogP contribution in [0.3, 0.4) is 0 Å². The van der Waals surface area contributed by atoms with Crippen molar-refractivity contribution in [1.82, 2.24) is 9.88 Å². The molecule has 3 rings (SSSR count). The molecule has 1 fully saturated rings. The maximum Gasteiger partial charge on any atom is 0.0416 e. The molecule has 0 atom stereocenters. The molecule has 2 aromatic rings. The van der Waals surface area contributed by atoms with E-state index in [-0.39, 0.29) is 0 Å². The van der Waals surface area contributed by atoms with E-state index in [1.807, 2.05) is 24.4 Å². The Morgan fingerprint density at radius 2 is 2.05 bits per heavy atom. The van der Waals surface area contributed by atoms with Crippen LogP contribution in [0, 0.1) is 0 Å². The fraction of sp³-hybridized carbons (Fsp3) is 0.353. The number of hydrogen-bond acceptors (Lipinski definition) is 3. The summed E-state index contributed by atoms with van der Waals surface area (Å²) in [6, 6.07) is 15.1. The lowest BCUT2D eigenvalue weighted by molar-refractivity contribution is 0.257. The summed E-state index contributed by atoms with van der Waals surface area (Å²) in [4.78, 5) is 6.96. The molecule has 0 aliphatic heterocycles. The van der Waals surface area contributed by atoms with Crippen LogP contribution in [0.1, 0.15) is 24.1 Å². The van der Waals surface area contributed by atoms with E-state index in [1.54, 1.807) is 0 Å². The molecule has 3 heteroatoms. The lowest BCUT2D eigenvalue weighted by Crippen LogP contribution is -2.28. The zero-order valence-electron chi connectivity index (χ0n) is 11.7. The largest absolute Gasteiger partial charge is 0.399 e. The average Bonchev–Trinajstić information content (AvgIpc) is 3.29. The molecule has 0 radical (unpaired) electrons. The van der Waals surface area contributed by atoms with Gasteiger partial charge < -0.3 is 5.73 Å². The van der Waals surface area contributed by atoms with Gasteiger partial charge >= 0.3 is 0 Å². The van der Waals surface area contributed by atoms with Crippen molar-refractivity contribution in [2.45, 2.75) is 31.8 Å². The van der Waals surface area contributed by atoms with Gasteiger partial charge in [0.25, 0.3) is 0 Å². The Hall–Kier alpha value is -1.87. The highest BCUT2D eigenvalue weighted by atomic mass is 15.2. The van der Waals surface area contributed by atoms with Crippen LogP contribution < -0.4 is 5.73 Å². The van der Waals surface area contributed by atoms with Gasteiger partial charge in [0.15, 0.2) is 0 Å². The van der Waals surface area contributed by atoms with Gasteiger partial charge in [-0.15, -0.1) is 0 Å². The Balaban J connectivity index is 1.61. The van der Waals surface area contributed by atoms with Gasteiger partial charge in [-0.05, 0) is 42.7 Å². The van der Waals surface area contributed by atoms with Gasteiger partial charge in [-0.2, -0.15) is 0 Å². The summed E-state index contributed by atoms with van der Waals surface area (Å²) >= 11 is 0. The molecule has 0 spiro atoms. The maximum absolute atomic E-state index is 5.86. The number of rotatable bonds is 6. The van der Waals surface area contributed by atoms with E-state index in [0.717, 1.165) is 31.2 Å². The van der Waals surface area contributed by atoms with Crippen LogP contribution >= 0.6 is 0 Å². The molecule has 2 N–H and O–H groups in total. The SMILES string of the molecule is Nc1cccc(CN(CCc2ccccn2)C2CC2)c1. The number of anilines is 1. The van der Waals surface area contributed by atoms with Gasteiger partial charge in [0.1, 0.15) is 0 Å². The highest BCUT2D eigenvalue weighted by molar-refractivity contribution is 5.40. The van der Waals surface area contributed by atoms with Crippen LogP contribution in [0.2, 0.25) is 0 Å². The van der Waals surface area contributed by atoms with Crippen LogP contribution in [-0.4, -0.2) is 22.5 Å². The molecule has 1 aliphatic rings. The van der Waals surface area contributed by atoms with E-state index in [9.17, 15) is 0 Å². The minimum Gasteiger partial charge on any atom is -0.399 e. The average molecular weight is 267 g/mol. The Kier molecular flexibility index (Phi) is 3.97. The number of pyridine rings is 1. The molecule has 0 saturated heterocycles. The van der Waals surface area contributed by atoms with Crippen LogP contribution in [0.5, 0.6) is 0 Å². The highest BCUT2D eigenvalue weighted by Crippen LogP contribution is 2.28. The lowest BCUT2D eigenvalue weighted by atomic mass is 10.1. The van der Waals surface area contributed by atoms with Gasteiger partial charge in [0.05, 0.1) is 0 Å². The number of nitrogen functional groups attached to an aromatic ring is 1. The first-order valence-electron chi connectivity index (χ1n) is 7.29. The molecule has 1 aromatic heterocycles. The Morgan fingerprint density at radius 1 is 1.15 bits per heavy atom. The summed E-state index contributed by atoms with van der Waals surface area (Å²) in [5.74, 6) is 0. The molecular weight excluding hydrogens is 246 g/mol. The highest BCUT2D eigenvalue weighted by Gasteiger charge is 2.28. The van der Waals surface area contributed by atoms with Crippen molar-refractivity contribution < 1.29 is 0 Å². The van der Waals surface area contributed by atoms with E-state index in [1.165, 1.54) is 24.1 Å². The molecule has 1 saturated carbocycles. The van der Waals surface area contributed by atoms with Crippen molar-refractivity contribution >= 4 is 5.69 Å². The number of hydrogen-bond donors (Lipinski definition) is 1. The number of nitrogens with zero attached hydrogens (tertiary/aromatic N) is 2. The minimum absolute atomic E-state index is 0.750. The zero-order chi connectivity index (χ0) is 13.8. The standard InChI is InChI=1S/C17H21N3/c18-15-5-3-4-14(12-15)13-20(17-7-8-17)11-9-16-6-1-2-10-19-16/h1-6,10,12,17H,7-9,11,13,18H2. The summed E-state index contributed by atoms with van der Waals surface area (Å²) in [6.45, 7) is 2.05. The van der Waals surface area contributed by atoms with Crippen LogP contribution in [0.25, 0.3) is 0 Å². The van der Waals surface area contributed by atoms with E-state index in [4.69, 9.17) is 5.73 Å². The molecule has 0 unspecified atom stereocenters. The van der Waals surface area contributed by atoms with Gasteiger partial charge in [0, 0.05) is 43.1 Å². The third-order valence-corrected chi connectivity index (χ3v) is 3.78. The number of aromatic nitrogens is 1. The number of nitrogens with two attached hydrogens (primary N) is 1. The predicted molar refractivity (Wildman–Crippen MR) is 82.2 cm³/mol. The first-order chi connectivity index (χ1) is 9.81. The summed E-state index contributed by atoms with van der Waals surface area (Å²) in [6.07, 6.45) is 5.53. The molecule has 3 nitrogen and oxygen atoms in total. The molecule has 1 heterocycles. The van der Waals surface area contributed by atoms with Crippen molar-refractivity contribution in [3.8, 4) is 0 Å². The first-order valence-corrected chi connectivity index (χ1v) is 7.29. The Morgan fingerprint density at radius 3 is 2.75 bits per heavy atom. The Bertz CT molecular complexity index is 549. The summed E-state index contributed by atoms with van der Waals surface area (Å²) in [7, 11) is 0. The smallest absolute Gasteiger partial charge is 0.0416 e. The third-order valence-electron chi connectivity index (χ3n) is 3.78. The summed E-state index contributed by atoms with van der Waals surface area (Å²) in [5, 5.41) is 0. The second-order valence-electron chi connectivity index (χ2n) is 5.52.